The summed E-state index contributed by atoms with van der Waals surface area (Å²) in [5, 5.41) is 2.61. The third kappa shape index (κ3) is 7.73. The Hall–Kier alpha value is -0.900. The molecule has 0 rings (SSSR count). The topological polar surface area (TPSA) is 55.4 Å². The molecule has 0 aromatic carbocycles. The van der Waals surface area contributed by atoms with E-state index in [-0.39, 0.29) is 17.6 Å². The first-order valence-corrected chi connectivity index (χ1v) is 4.89. The molecular formula is C10H19NO3. The van der Waals surface area contributed by atoms with E-state index in [0.29, 0.717) is 26.2 Å². The van der Waals surface area contributed by atoms with Crippen LogP contribution >= 0.6 is 0 Å². The van der Waals surface area contributed by atoms with Gasteiger partial charge < -0.3 is 10.1 Å². The standard InChI is InChI=1S/C10H19NO3/c1-8(2)10(13)4-6-14-7-5-11-9(3)12/h8H,4-7H2,1-3H3,(H,11,12). The van der Waals surface area contributed by atoms with Crippen LogP contribution in [-0.2, 0) is 14.3 Å². The summed E-state index contributed by atoms with van der Waals surface area (Å²) in [5.74, 6) is 0.227. The van der Waals surface area contributed by atoms with Gasteiger partial charge in [-0.2, -0.15) is 0 Å². The normalized spacial score (nSPS) is 10.3. The molecule has 0 unspecified atom stereocenters. The summed E-state index contributed by atoms with van der Waals surface area (Å²) in [7, 11) is 0. The van der Waals surface area contributed by atoms with Crippen molar-refractivity contribution >= 4 is 11.7 Å². The summed E-state index contributed by atoms with van der Waals surface area (Å²) in [4.78, 5) is 21.6. The van der Waals surface area contributed by atoms with Gasteiger partial charge in [0.05, 0.1) is 13.2 Å². The molecule has 0 radical (unpaired) electrons. The third-order valence-corrected chi connectivity index (χ3v) is 1.76. The molecule has 14 heavy (non-hydrogen) atoms. The molecule has 1 amide bonds. The molecule has 0 aromatic heterocycles. The van der Waals surface area contributed by atoms with E-state index in [1.54, 1.807) is 0 Å². The fourth-order valence-corrected chi connectivity index (χ4v) is 0.863. The molecule has 0 saturated heterocycles. The van der Waals surface area contributed by atoms with Gasteiger partial charge in [-0.1, -0.05) is 13.8 Å². The van der Waals surface area contributed by atoms with Gasteiger partial charge in [0.25, 0.3) is 0 Å². The van der Waals surface area contributed by atoms with Crippen molar-refractivity contribution in [1.82, 2.24) is 5.32 Å². The lowest BCUT2D eigenvalue weighted by Crippen LogP contribution is -2.24. The van der Waals surface area contributed by atoms with E-state index in [1.807, 2.05) is 13.8 Å². The fourth-order valence-electron chi connectivity index (χ4n) is 0.863. The zero-order chi connectivity index (χ0) is 11.0. The van der Waals surface area contributed by atoms with Crippen LogP contribution < -0.4 is 5.32 Å². The number of Topliss-reactive ketones (excluding diaryl/α,β-unsaturated/α-hetero) is 1. The van der Waals surface area contributed by atoms with Crippen LogP contribution in [0.15, 0.2) is 0 Å². The average molecular weight is 201 g/mol. The van der Waals surface area contributed by atoms with Crippen LogP contribution in [0.4, 0.5) is 0 Å². The number of amides is 1. The molecular weight excluding hydrogens is 182 g/mol. The molecule has 4 nitrogen and oxygen atoms in total. The van der Waals surface area contributed by atoms with Gasteiger partial charge in [0, 0.05) is 25.8 Å². The predicted molar refractivity (Wildman–Crippen MR) is 54.0 cm³/mol. The van der Waals surface area contributed by atoms with E-state index in [2.05, 4.69) is 5.32 Å². The minimum atomic E-state index is -0.0631. The number of nitrogens with one attached hydrogen (secondary N) is 1. The Balaban J connectivity index is 3.22. The molecule has 0 bridgehead atoms. The van der Waals surface area contributed by atoms with Crippen molar-refractivity contribution < 1.29 is 14.3 Å². The lowest BCUT2D eigenvalue weighted by molar-refractivity contribution is -0.123. The van der Waals surface area contributed by atoms with Crippen LogP contribution in [0.3, 0.4) is 0 Å². The second kappa shape index (κ2) is 7.50. The van der Waals surface area contributed by atoms with Crippen molar-refractivity contribution in [3.8, 4) is 0 Å². The predicted octanol–water partition coefficient (Wildman–Crippen LogP) is 0.754. The van der Waals surface area contributed by atoms with Crippen molar-refractivity contribution in [3.05, 3.63) is 0 Å². The number of ketones is 1. The number of carbonyl (C=O) groups excluding carboxylic acids is 2. The molecule has 0 atom stereocenters. The Labute approximate surface area is 85.0 Å². The Bertz CT molecular complexity index is 190. The summed E-state index contributed by atoms with van der Waals surface area (Å²) in [6.45, 7) is 6.62. The second-order valence-corrected chi connectivity index (χ2v) is 3.47. The Morgan fingerprint density at radius 3 is 2.43 bits per heavy atom. The third-order valence-electron chi connectivity index (χ3n) is 1.76. The molecule has 0 aliphatic rings. The first-order valence-electron chi connectivity index (χ1n) is 4.89. The van der Waals surface area contributed by atoms with E-state index in [0.717, 1.165) is 0 Å². The summed E-state index contributed by atoms with van der Waals surface area (Å²) < 4.78 is 5.17. The Morgan fingerprint density at radius 1 is 1.29 bits per heavy atom. The van der Waals surface area contributed by atoms with Gasteiger partial charge in [0.15, 0.2) is 0 Å². The lowest BCUT2D eigenvalue weighted by atomic mass is 10.1. The van der Waals surface area contributed by atoms with Gasteiger partial charge in [0.1, 0.15) is 5.78 Å². The second-order valence-electron chi connectivity index (χ2n) is 3.47. The minimum Gasteiger partial charge on any atom is -0.379 e. The van der Waals surface area contributed by atoms with Crippen LogP contribution in [-0.4, -0.2) is 31.4 Å². The van der Waals surface area contributed by atoms with Crippen molar-refractivity contribution in [2.75, 3.05) is 19.8 Å². The molecule has 0 spiro atoms. The first kappa shape index (κ1) is 13.1. The van der Waals surface area contributed by atoms with Crippen molar-refractivity contribution in [2.45, 2.75) is 27.2 Å². The van der Waals surface area contributed by atoms with Gasteiger partial charge in [-0.05, 0) is 0 Å². The zero-order valence-corrected chi connectivity index (χ0v) is 9.13. The van der Waals surface area contributed by atoms with Gasteiger partial charge in [-0.3, -0.25) is 9.59 Å². The Kier molecular flexibility index (Phi) is 7.02. The van der Waals surface area contributed by atoms with Crippen LogP contribution in [0.5, 0.6) is 0 Å². The number of carbonyl (C=O) groups is 2. The maximum atomic E-state index is 11.1. The van der Waals surface area contributed by atoms with Crippen LogP contribution in [0.25, 0.3) is 0 Å². The van der Waals surface area contributed by atoms with Crippen LogP contribution in [0, 0.1) is 5.92 Å². The first-order chi connectivity index (χ1) is 6.54. The highest BCUT2D eigenvalue weighted by molar-refractivity contribution is 5.80. The highest BCUT2D eigenvalue weighted by Gasteiger charge is 2.05. The minimum absolute atomic E-state index is 0.0631. The molecule has 0 aliphatic heterocycles. The summed E-state index contributed by atoms with van der Waals surface area (Å²) in [5.41, 5.74) is 0. The average Bonchev–Trinajstić information content (AvgIpc) is 2.09. The van der Waals surface area contributed by atoms with Gasteiger partial charge >= 0.3 is 0 Å². The van der Waals surface area contributed by atoms with Gasteiger partial charge in [-0.15, -0.1) is 0 Å². The molecule has 0 aliphatic carbocycles. The monoisotopic (exact) mass is 201 g/mol. The van der Waals surface area contributed by atoms with E-state index in [4.69, 9.17) is 4.74 Å². The summed E-state index contributed by atoms with van der Waals surface area (Å²) in [6, 6.07) is 0. The van der Waals surface area contributed by atoms with E-state index >= 15 is 0 Å². The van der Waals surface area contributed by atoms with Crippen molar-refractivity contribution in [2.24, 2.45) is 5.92 Å². The molecule has 0 aromatic rings. The van der Waals surface area contributed by atoms with E-state index in [1.165, 1.54) is 6.92 Å². The highest BCUT2D eigenvalue weighted by atomic mass is 16.5. The molecule has 82 valence electrons. The molecule has 0 fully saturated rings. The summed E-state index contributed by atoms with van der Waals surface area (Å²) >= 11 is 0. The fraction of sp³-hybridized carbons (Fsp3) is 0.800. The largest absolute Gasteiger partial charge is 0.379 e. The van der Waals surface area contributed by atoms with Crippen molar-refractivity contribution in [1.29, 1.82) is 0 Å². The highest BCUT2D eigenvalue weighted by Crippen LogP contribution is 1.98. The van der Waals surface area contributed by atoms with Crippen molar-refractivity contribution in [3.63, 3.8) is 0 Å². The van der Waals surface area contributed by atoms with Crippen LogP contribution in [0.2, 0.25) is 0 Å². The molecule has 0 saturated carbocycles. The van der Waals surface area contributed by atoms with Crippen LogP contribution in [0.1, 0.15) is 27.2 Å². The molecule has 4 heteroatoms. The molecule has 0 heterocycles. The zero-order valence-electron chi connectivity index (χ0n) is 9.13. The number of ether oxygens (including phenoxy) is 1. The SMILES string of the molecule is CC(=O)NCCOCCC(=O)C(C)C. The summed E-state index contributed by atoms with van der Waals surface area (Å²) in [6.07, 6.45) is 0.456. The number of hydrogen-bond acceptors (Lipinski definition) is 3. The number of hydrogen-bond donors (Lipinski definition) is 1. The molecule has 1 N–H and O–H groups in total. The maximum absolute atomic E-state index is 11.1. The van der Waals surface area contributed by atoms with Gasteiger partial charge in [-0.25, -0.2) is 0 Å². The Morgan fingerprint density at radius 2 is 1.93 bits per heavy atom. The smallest absolute Gasteiger partial charge is 0.216 e. The number of rotatable bonds is 7. The quantitative estimate of drug-likeness (QED) is 0.618. The van der Waals surface area contributed by atoms with E-state index in [9.17, 15) is 9.59 Å². The van der Waals surface area contributed by atoms with E-state index < -0.39 is 0 Å². The maximum Gasteiger partial charge on any atom is 0.216 e. The lowest BCUT2D eigenvalue weighted by Gasteiger charge is -2.05. The van der Waals surface area contributed by atoms with Gasteiger partial charge in [0.2, 0.25) is 5.91 Å².